The lowest BCUT2D eigenvalue weighted by Gasteiger charge is -2.26. The van der Waals surface area contributed by atoms with Gasteiger partial charge in [0.2, 0.25) is 0 Å². The lowest BCUT2D eigenvalue weighted by atomic mass is 10.1. The molecule has 7 nitrogen and oxygen atoms in total. The third kappa shape index (κ3) is 4.31. The third-order valence-electron chi connectivity index (χ3n) is 4.41. The Morgan fingerprint density at radius 3 is 2.43 bits per heavy atom. The van der Waals surface area contributed by atoms with Crippen LogP contribution in [-0.4, -0.2) is 31.1 Å². The Kier molecular flexibility index (Phi) is 6.42. The summed E-state index contributed by atoms with van der Waals surface area (Å²) in [5.41, 5.74) is 1.38. The normalized spacial score (nSPS) is 15.4. The zero-order valence-corrected chi connectivity index (χ0v) is 17.6. The van der Waals surface area contributed by atoms with Crippen molar-refractivity contribution in [2.45, 2.75) is 20.8 Å². The van der Waals surface area contributed by atoms with Crippen molar-refractivity contribution in [3.05, 3.63) is 58.1 Å². The molecule has 4 amide bonds. The number of carbonyl (C=O) groups is 3. The first-order chi connectivity index (χ1) is 14.3. The Labute approximate surface area is 179 Å². The van der Waals surface area contributed by atoms with E-state index >= 15 is 0 Å². The van der Waals surface area contributed by atoms with Crippen LogP contribution in [0, 0.1) is 6.92 Å². The number of benzene rings is 2. The minimum absolute atomic E-state index is 0.198. The topological polar surface area (TPSA) is 84.9 Å². The van der Waals surface area contributed by atoms with Crippen molar-refractivity contribution in [2.75, 3.05) is 18.1 Å². The molecule has 0 radical (unpaired) electrons. The summed E-state index contributed by atoms with van der Waals surface area (Å²) in [4.78, 5) is 38.7. The SMILES string of the molecule is CCOc1ccc(/C=C2/C(=O)NC(=O)N(c3ccc(C)c(Cl)c3)C2=O)c(OCC)c1. The molecule has 0 aliphatic carbocycles. The molecule has 0 bridgehead atoms. The maximum absolute atomic E-state index is 13.1. The van der Waals surface area contributed by atoms with E-state index in [4.69, 9.17) is 21.1 Å². The number of hydrogen-bond donors (Lipinski definition) is 1. The molecule has 8 heteroatoms. The number of rotatable bonds is 6. The van der Waals surface area contributed by atoms with Crippen molar-refractivity contribution in [1.82, 2.24) is 5.32 Å². The van der Waals surface area contributed by atoms with Gasteiger partial charge in [0.15, 0.2) is 0 Å². The summed E-state index contributed by atoms with van der Waals surface area (Å²) in [6.45, 7) is 6.37. The number of amides is 4. The summed E-state index contributed by atoms with van der Waals surface area (Å²) in [5.74, 6) is -0.470. The second-order valence-electron chi connectivity index (χ2n) is 6.46. The molecule has 1 aliphatic rings. The Morgan fingerprint density at radius 2 is 1.77 bits per heavy atom. The molecule has 0 spiro atoms. The lowest BCUT2D eigenvalue weighted by molar-refractivity contribution is -0.122. The van der Waals surface area contributed by atoms with Crippen molar-refractivity contribution in [3.8, 4) is 11.5 Å². The van der Waals surface area contributed by atoms with Crippen LogP contribution in [0.5, 0.6) is 11.5 Å². The van der Waals surface area contributed by atoms with Crippen LogP contribution in [0.1, 0.15) is 25.0 Å². The van der Waals surface area contributed by atoms with Crippen molar-refractivity contribution in [2.24, 2.45) is 0 Å². The maximum atomic E-state index is 13.1. The average Bonchev–Trinajstić information content (AvgIpc) is 2.69. The van der Waals surface area contributed by atoms with Gasteiger partial charge in [-0.25, -0.2) is 9.69 Å². The molecule has 2 aromatic rings. The van der Waals surface area contributed by atoms with E-state index in [1.54, 1.807) is 37.3 Å². The Bertz CT molecular complexity index is 1050. The second kappa shape index (κ2) is 9.00. The monoisotopic (exact) mass is 428 g/mol. The van der Waals surface area contributed by atoms with E-state index in [0.717, 1.165) is 10.5 Å². The average molecular weight is 429 g/mol. The van der Waals surface area contributed by atoms with Gasteiger partial charge >= 0.3 is 6.03 Å². The van der Waals surface area contributed by atoms with E-state index in [0.29, 0.717) is 35.3 Å². The van der Waals surface area contributed by atoms with Gasteiger partial charge in [-0.1, -0.05) is 17.7 Å². The number of nitrogens with zero attached hydrogens (tertiary/aromatic N) is 1. The fourth-order valence-electron chi connectivity index (χ4n) is 2.94. The highest BCUT2D eigenvalue weighted by atomic mass is 35.5. The predicted molar refractivity (Wildman–Crippen MR) is 114 cm³/mol. The molecule has 1 heterocycles. The van der Waals surface area contributed by atoms with Crippen molar-refractivity contribution in [1.29, 1.82) is 0 Å². The van der Waals surface area contributed by atoms with E-state index in [2.05, 4.69) is 5.32 Å². The maximum Gasteiger partial charge on any atom is 0.335 e. The van der Waals surface area contributed by atoms with E-state index in [1.165, 1.54) is 12.1 Å². The lowest BCUT2D eigenvalue weighted by Crippen LogP contribution is -2.54. The molecule has 0 saturated carbocycles. The molecule has 1 aliphatic heterocycles. The van der Waals surface area contributed by atoms with Gasteiger partial charge < -0.3 is 9.47 Å². The number of barbiturate groups is 1. The van der Waals surface area contributed by atoms with Gasteiger partial charge in [-0.3, -0.25) is 14.9 Å². The number of nitrogens with one attached hydrogen (secondary N) is 1. The van der Waals surface area contributed by atoms with E-state index in [1.807, 2.05) is 13.8 Å². The molecule has 1 saturated heterocycles. The fourth-order valence-corrected chi connectivity index (χ4v) is 3.11. The van der Waals surface area contributed by atoms with Gasteiger partial charge in [0.05, 0.1) is 18.9 Å². The van der Waals surface area contributed by atoms with E-state index in [-0.39, 0.29) is 11.3 Å². The number of ether oxygens (including phenoxy) is 2. The van der Waals surface area contributed by atoms with Gasteiger partial charge in [-0.05, 0) is 56.7 Å². The first-order valence-corrected chi connectivity index (χ1v) is 9.80. The molecule has 1 N–H and O–H groups in total. The molecule has 0 aromatic heterocycles. The molecular formula is C22H21ClN2O5. The number of hydrogen-bond acceptors (Lipinski definition) is 5. The van der Waals surface area contributed by atoms with E-state index in [9.17, 15) is 14.4 Å². The Balaban J connectivity index is 2.03. The summed E-state index contributed by atoms with van der Waals surface area (Å²) < 4.78 is 11.1. The van der Waals surface area contributed by atoms with E-state index < -0.39 is 17.8 Å². The van der Waals surface area contributed by atoms with Crippen LogP contribution in [-0.2, 0) is 9.59 Å². The van der Waals surface area contributed by atoms with Crippen LogP contribution in [0.25, 0.3) is 6.08 Å². The summed E-state index contributed by atoms with van der Waals surface area (Å²) in [6.07, 6.45) is 1.40. The number of aryl methyl sites for hydroxylation is 1. The number of anilines is 1. The molecule has 2 aromatic carbocycles. The van der Waals surface area contributed by atoms with Gasteiger partial charge in [-0.15, -0.1) is 0 Å². The molecule has 1 fully saturated rings. The number of halogens is 1. The number of urea groups is 1. The molecule has 0 atom stereocenters. The fraction of sp³-hybridized carbons (Fsp3) is 0.227. The first kappa shape index (κ1) is 21.4. The highest BCUT2D eigenvalue weighted by Gasteiger charge is 2.37. The number of imide groups is 2. The first-order valence-electron chi connectivity index (χ1n) is 9.43. The predicted octanol–water partition coefficient (Wildman–Crippen LogP) is 4.11. The number of carbonyl (C=O) groups excluding carboxylic acids is 3. The van der Waals surface area contributed by atoms with Crippen LogP contribution < -0.4 is 19.7 Å². The molecule has 156 valence electrons. The van der Waals surface area contributed by atoms with Crippen LogP contribution in [0.2, 0.25) is 5.02 Å². The third-order valence-corrected chi connectivity index (χ3v) is 4.82. The van der Waals surface area contributed by atoms with Crippen LogP contribution >= 0.6 is 11.6 Å². The van der Waals surface area contributed by atoms with Crippen molar-refractivity contribution in [3.63, 3.8) is 0 Å². The highest BCUT2D eigenvalue weighted by Crippen LogP contribution is 2.30. The van der Waals surface area contributed by atoms with Gasteiger partial charge in [0.25, 0.3) is 11.8 Å². The van der Waals surface area contributed by atoms with Gasteiger partial charge in [0, 0.05) is 16.7 Å². The molecule has 3 rings (SSSR count). The highest BCUT2D eigenvalue weighted by molar-refractivity contribution is 6.39. The van der Waals surface area contributed by atoms with Crippen LogP contribution in [0.4, 0.5) is 10.5 Å². The summed E-state index contributed by atoms with van der Waals surface area (Å²) >= 11 is 6.14. The van der Waals surface area contributed by atoms with Crippen LogP contribution in [0.3, 0.4) is 0 Å². The summed E-state index contributed by atoms with van der Waals surface area (Å²) in [5, 5.41) is 2.60. The molecule has 0 unspecified atom stereocenters. The van der Waals surface area contributed by atoms with Crippen LogP contribution in [0.15, 0.2) is 42.0 Å². The largest absolute Gasteiger partial charge is 0.494 e. The minimum Gasteiger partial charge on any atom is -0.494 e. The minimum atomic E-state index is -0.834. The van der Waals surface area contributed by atoms with Crippen molar-refractivity contribution >= 4 is 41.2 Å². The Morgan fingerprint density at radius 1 is 1.03 bits per heavy atom. The molecular weight excluding hydrogens is 408 g/mol. The quantitative estimate of drug-likeness (QED) is 0.552. The summed E-state index contributed by atoms with van der Waals surface area (Å²) in [7, 11) is 0. The standard InChI is InChI=1S/C22H21ClN2O5/c1-4-29-16-9-7-14(19(12-16)30-5-2)10-17-20(26)24-22(28)25(21(17)27)15-8-6-13(3)18(23)11-15/h6-12H,4-5H2,1-3H3,(H,24,26,28)/b17-10-. The van der Waals surface area contributed by atoms with Gasteiger partial charge in [0.1, 0.15) is 17.1 Å². The summed E-state index contributed by atoms with van der Waals surface area (Å²) in [6, 6.07) is 9.04. The van der Waals surface area contributed by atoms with Crippen molar-refractivity contribution < 1.29 is 23.9 Å². The Hall–Kier alpha value is -3.32. The molecule has 30 heavy (non-hydrogen) atoms. The smallest absolute Gasteiger partial charge is 0.335 e. The van der Waals surface area contributed by atoms with Gasteiger partial charge in [-0.2, -0.15) is 0 Å². The second-order valence-corrected chi connectivity index (χ2v) is 6.86. The zero-order valence-electron chi connectivity index (χ0n) is 16.8. The zero-order chi connectivity index (χ0) is 21.8.